The highest BCUT2D eigenvalue weighted by molar-refractivity contribution is 6.19. The highest BCUT2D eigenvalue weighted by atomic mass is 16.5. The largest absolute Gasteiger partial charge is 0.493 e. The van der Waals surface area contributed by atoms with E-state index in [0.717, 1.165) is 17.4 Å². The Bertz CT molecular complexity index is 1200. The van der Waals surface area contributed by atoms with Gasteiger partial charge in [0.1, 0.15) is 41.7 Å². The fraction of sp³-hybridized carbons (Fsp3) is 0.444. The third-order valence-corrected chi connectivity index (χ3v) is 6.32. The van der Waals surface area contributed by atoms with E-state index in [0.29, 0.717) is 53.8 Å². The molecule has 8 nitrogen and oxygen atoms in total. The lowest BCUT2D eigenvalue weighted by molar-refractivity contribution is -0.0339. The number of hydrogen-bond acceptors (Lipinski definition) is 8. The summed E-state index contributed by atoms with van der Waals surface area (Å²) in [6.45, 7) is 7.01. The first-order valence-corrected chi connectivity index (χ1v) is 11.8. The highest BCUT2D eigenvalue weighted by Gasteiger charge is 2.41. The Morgan fingerprint density at radius 1 is 1.00 bits per heavy atom. The van der Waals surface area contributed by atoms with Gasteiger partial charge in [0.25, 0.3) is 0 Å². The van der Waals surface area contributed by atoms with Crippen molar-refractivity contribution < 1.29 is 38.7 Å². The Labute approximate surface area is 204 Å². The van der Waals surface area contributed by atoms with E-state index < -0.39 is 24.2 Å². The van der Waals surface area contributed by atoms with Gasteiger partial charge in [-0.15, -0.1) is 0 Å². The average Bonchev–Trinajstić information content (AvgIpc) is 3.25. The molecule has 1 unspecified atom stereocenters. The summed E-state index contributed by atoms with van der Waals surface area (Å²) in [4.78, 5) is 13.5. The molecule has 0 spiro atoms. The maximum absolute atomic E-state index is 13.5. The summed E-state index contributed by atoms with van der Waals surface area (Å²) in [6.07, 6.45) is -1.74. The van der Waals surface area contributed by atoms with Crippen molar-refractivity contribution in [3.8, 4) is 11.5 Å². The van der Waals surface area contributed by atoms with Gasteiger partial charge in [0.05, 0.1) is 18.8 Å². The number of aliphatic hydroxyl groups excluding tert-OH is 3. The van der Waals surface area contributed by atoms with Gasteiger partial charge < -0.3 is 33.9 Å². The molecular weight excluding hydrogens is 452 g/mol. The standard InChI is InChI=1S/C27H32O8/c1-4-32-10-5-11-33-17-7-9-19-23(13-17)35-26-24(19)25(31)18-8-6-16(12-20(18)27(26,2)3)34-15-22(30)21(29)14-28/h6-9,12-13,21-22,28-30H,4-5,10-11,14-15H2,1-3H3/t21-,22?/m1/s1. The maximum Gasteiger partial charge on any atom is 0.197 e. The fourth-order valence-electron chi connectivity index (χ4n) is 4.33. The molecule has 0 amide bonds. The Hall–Kier alpha value is -2.91. The zero-order valence-corrected chi connectivity index (χ0v) is 20.2. The number of aliphatic hydroxyl groups is 3. The molecule has 2 atom stereocenters. The van der Waals surface area contributed by atoms with Gasteiger partial charge in [-0.25, -0.2) is 0 Å². The van der Waals surface area contributed by atoms with Gasteiger partial charge in [0.15, 0.2) is 5.78 Å². The van der Waals surface area contributed by atoms with Crippen molar-refractivity contribution in [1.82, 2.24) is 0 Å². The van der Waals surface area contributed by atoms with Crippen LogP contribution in [-0.2, 0) is 10.2 Å². The normalized spacial score (nSPS) is 16.0. The van der Waals surface area contributed by atoms with Crippen molar-refractivity contribution in [2.45, 2.75) is 44.8 Å². The van der Waals surface area contributed by atoms with Crippen molar-refractivity contribution in [3.63, 3.8) is 0 Å². The number of rotatable bonds is 11. The zero-order chi connectivity index (χ0) is 25.2. The van der Waals surface area contributed by atoms with Crippen LogP contribution < -0.4 is 9.47 Å². The van der Waals surface area contributed by atoms with E-state index in [1.807, 2.05) is 39.0 Å². The quantitative estimate of drug-likeness (QED) is 0.355. The van der Waals surface area contributed by atoms with Crippen LogP contribution in [0, 0.1) is 0 Å². The molecule has 3 aromatic rings. The molecule has 1 aliphatic carbocycles. The van der Waals surface area contributed by atoms with Gasteiger partial charge in [-0.3, -0.25) is 4.79 Å². The van der Waals surface area contributed by atoms with Crippen molar-refractivity contribution in [3.05, 3.63) is 58.8 Å². The molecule has 2 aromatic carbocycles. The Morgan fingerprint density at radius 3 is 2.49 bits per heavy atom. The molecule has 8 heteroatoms. The minimum atomic E-state index is -1.29. The molecule has 0 radical (unpaired) electrons. The summed E-state index contributed by atoms with van der Waals surface area (Å²) in [5, 5.41) is 29.1. The smallest absolute Gasteiger partial charge is 0.197 e. The molecule has 1 aromatic heterocycles. The van der Waals surface area contributed by atoms with Crippen LogP contribution in [0.4, 0.5) is 0 Å². The summed E-state index contributed by atoms with van der Waals surface area (Å²) in [5.41, 5.74) is 1.82. The molecule has 4 rings (SSSR count). The molecule has 1 aliphatic rings. The lowest BCUT2D eigenvalue weighted by atomic mass is 9.71. The number of hydrogen-bond donors (Lipinski definition) is 3. The van der Waals surface area contributed by atoms with E-state index in [4.69, 9.17) is 23.7 Å². The number of fused-ring (bicyclic) bond motifs is 4. The number of carbonyl (C=O) groups excluding carboxylic acids is 1. The molecular formula is C27H32O8. The summed E-state index contributed by atoms with van der Waals surface area (Å²) in [7, 11) is 0. The average molecular weight is 485 g/mol. The van der Waals surface area contributed by atoms with E-state index in [1.54, 1.807) is 18.2 Å². The number of ether oxygens (including phenoxy) is 3. The molecule has 3 N–H and O–H groups in total. The van der Waals surface area contributed by atoms with Crippen LogP contribution in [0.5, 0.6) is 11.5 Å². The second-order valence-corrected chi connectivity index (χ2v) is 9.15. The summed E-state index contributed by atoms with van der Waals surface area (Å²) in [5.74, 6) is 1.56. The van der Waals surface area contributed by atoms with Crippen LogP contribution in [0.1, 0.15) is 54.4 Å². The number of carbonyl (C=O) groups is 1. The van der Waals surface area contributed by atoms with Gasteiger partial charge in [0, 0.05) is 42.1 Å². The van der Waals surface area contributed by atoms with Crippen LogP contribution in [0.25, 0.3) is 11.0 Å². The molecule has 0 saturated heterocycles. The van der Waals surface area contributed by atoms with Gasteiger partial charge in [0.2, 0.25) is 0 Å². The predicted octanol–water partition coefficient (Wildman–Crippen LogP) is 3.20. The molecule has 0 saturated carbocycles. The van der Waals surface area contributed by atoms with Gasteiger partial charge in [-0.05, 0) is 56.7 Å². The highest BCUT2D eigenvalue weighted by Crippen LogP contribution is 2.46. The lowest BCUT2D eigenvalue weighted by Crippen LogP contribution is -2.34. The van der Waals surface area contributed by atoms with Gasteiger partial charge in [-0.1, -0.05) is 0 Å². The van der Waals surface area contributed by atoms with Crippen molar-refractivity contribution in [1.29, 1.82) is 0 Å². The maximum atomic E-state index is 13.5. The van der Waals surface area contributed by atoms with Crippen LogP contribution in [0.3, 0.4) is 0 Å². The molecule has 188 valence electrons. The minimum absolute atomic E-state index is 0.124. The molecule has 0 bridgehead atoms. The van der Waals surface area contributed by atoms with Crippen LogP contribution >= 0.6 is 0 Å². The third kappa shape index (κ3) is 4.92. The first kappa shape index (κ1) is 25.2. The predicted molar refractivity (Wildman–Crippen MR) is 129 cm³/mol. The third-order valence-electron chi connectivity index (χ3n) is 6.32. The minimum Gasteiger partial charge on any atom is -0.493 e. The summed E-state index contributed by atoms with van der Waals surface area (Å²) < 4.78 is 23.0. The number of benzene rings is 2. The molecule has 0 aliphatic heterocycles. The van der Waals surface area contributed by atoms with E-state index in [1.165, 1.54) is 0 Å². The lowest BCUT2D eigenvalue weighted by Gasteiger charge is -2.31. The first-order chi connectivity index (χ1) is 16.8. The zero-order valence-electron chi connectivity index (χ0n) is 20.2. The second-order valence-electron chi connectivity index (χ2n) is 9.15. The topological polar surface area (TPSA) is 119 Å². The fourth-order valence-corrected chi connectivity index (χ4v) is 4.33. The molecule has 1 heterocycles. The monoisotopic (exact) mass is 484 g/mol. The van der Waals surface area contributed by atoms with E-state index in [-0.39, 0.29) is 12.4 Å². The van der Waals surface area contributed by atoms with Crippen LogP contribution in [0.2, 0.25) is 0 Å². The van der Waals surface area contributed by atoms with Crippen LogP contribution in [0.15, 0.2) is 40.8 Å². The van der Waals surface area contributed by atoms with Crippen molar-refractivity contribution in [2.24, 2.45) is 0 Å². The summed E-state index contributed by atoms with van der Waals surface area (Å²) in [6, 6.07) is 10.6. The Balaban J connectivity index is 1.60. The Kier molecular flexibility index (Phi) is 7.47. The first-order valence-electron chi connectivity index (χ1n) is 11.8. The number of furan rings is 1. The van der Waals surface area contributed by atoms with Gasteiger partial charge in [-0.2, -0.15) is 0 Å². The molecule has 0 fully saturated rings. The van der Waals surface area contributed by atoms with E-state index in [2.05, 4.69) is 0 Å². The van der Waals surface area contributed by atoms with Gasteiger partial charge >= 0.3 is 0 Å². The SMILES string of the molecule is CCOCCCOc1ccc2c3c(oc2c1)C(C)(C)c1cc(OCC(O)[C@H](O)CO)ccc1C3=O. The number of ketones is 1. The second kappa shape index (κ2) is 10.4. The van der Waals surface area contributed by atoms with Crippen LogP contribution in [-0.4, -0.2) is 66.3 Å². The van der Waals surface area contributed by atoms with Crippen molar-refractivity contribution >= 4 is 16.8 Å². The van der Waals surface area contributed by atoms with E-state index in [9.17, 15) is 15.0 Å². The summed E-state index contributed by atoms with van der Waals surface area (Å²) >= 11 is 0. The van der Waals surface area contributed by atoms with Crippen molar-refractivity contribution in [2.75, 3.05) is 33.0 Å². The van der Waals surface area contributed by atoms with E-state index >= 15 is 0 Å². The Morgan fingerprint density at radius 2 is 1.74 bits per heavy atom. The molecule has 35 heavy (non-hydrogen) atoms.